The van der Waals surface area contributed by atoms with Crippen molar-refractivity contribution in [2.45, 2.75) is 51.9 Å². The maximum Gasteiger partial charge on any atom is 0.333 e. The van der Waals surface area contributed by atoms with Gasteiger partial charge in [0, 0.05) is 5.57 Å². The third-order valence-corrected chi connectivity index (χ3v) is 3.26. The predicted octanol–water partition coefficient (Wildman–Crippen LogP) is 3.47. The van der Waals surface area contributed by atoms with Crippen LogP contribution in [0.15, 0.2) is 11.6 Å². The van der Waals surface area contributed by atoms with E-state index in [1.54, 1.807) is 0 Å². The molecule has 86 valence electrons. The number of methoxy groups -OCH3 is 1. The van der Waals surface area contributed by atoms with Crippen LogP contribution in [0.1, 0.15) is 51.9 Å². The second kappa shape index (κ2) is 6.65. The van der Waals surface area contributed by atoms with Gasteiger partial charge in [-0.05, 0) is 25.7 Å². The molecule has 0 bridgehead atoms. The van der Waals surface area contributed by atoms with E-state index in [4.69, 9.17) is 0 Å². The van der Waals surface area contributed by atoms with Crippen LogP contribution in [0, 0.1) is 5.92 Å². The van der Waals surface area contributed by atoms with Gasteiger partial charge in [-0.1, -0.05) is 38.2 Å². The second-order valence-corrected chi connectivity index (χ2v) is 4.46. The Kier molecular flexibility index (Phi) is 5.44. The van der Waals surface area contributed by atoms with Gasteiger partial charge < -0.3 is 4.74 Å². The standard InChI is InChI=1S/C13H22O2/c1-11(13(14)15-2)7-6-10-12-8-4-3-5-9-12/h7,12H,3-6,8-10H2,1-2H3/b11-7+. The zero-order chi connectivity index (χ0) is 11.1. The molecule has 0 heterocycles. The summed E-state index contributed by atoms with van der Waals surface area (Å²) in [5.41, 5.74) is 0.744. The zero-order valence-corrected chi connectivity index (χ0v) is 9.92. The van der Waals surface area contributed by atoms with Gasteiger partial charge in [0.2, 0.25) is 0 Å². The van der Waals surface area contributed by atoms with Crippen molar-refractivity contribution in [3.63, 3.8) is 0 Å². The molecule has 15 heavy (non-hydrogen) atoms. The van der Waals surface area contributed by atoms with E-state index in [0.717, 1.165) is 17.9 Å². The minimum Gasteiger partial charge on any atom is -0.466 e. The van der Waals surface area contributed by atoms with Crippen molar-refractivity contribution < 1.29 is 9.53 Å². The van der Waals surface area contributed by atoms with Crippen LogP contribution in [0.25, 0.3) is 0 Å². The van der Waals surface area contributed by atoms with Crippen molar-refractivity contribution >= 4 is 5.97 Å². The van der Waals surface area contributed by atoms with Crippen LogP contribution in [0.4, 0.5) is 0 Å². The topological polar surface area (TPSA) is 26.3 Å². The van der Waals surface area contributed by atoms with Gasteiger partial charge in [-0.15, -0.1) is 0 Å². The number of rotatable bonds is 4. The van der Waals surface area contributed by atoms with E-state index in [-0.39, 0.29) is 5.97 Å². The first kappa shape index (κ1) is 12.3. The maximum absolute atomic E-state index is 11.1. The molecular weight excluding hydrogens is 188 g/mol. The highest BCUT2D eigenvalue weighted by Gasteiger charge is 2.12. The molecule has 1 saturated carbocycles. The molecule has 1 aliphatic rings. The molecule has 0 aliphatic heterocycles. The fraction of sp³-hybridized carbons (Fsp3) is 0.769. The Balaban J connectivity index is 2.21. The minimum absolute atomic E-state index is 0.196. The summed E-state index contributed by atoms with van der Waals surface area (Å²) in [5.74, 6) is 0.694. The molecule has 0 atom stereocenters. The highest BCUT2D eigenvalue weighted by Crippen LogP contribution is 2.27. The molecule has 2 heteroatoms. The van der Waals surface area contributed by atoms with Crippen LogP contribution in [0.3, 0.4) is 0 Å². The van der Waals surface area contributed by atoms with Gasteiger partial charge in [-0.3, -0.25) is 0 Å². The molecule has 0 aromatic carbocycles. The summed E-state index contributed by atoms with van der Waals surface area (Å²) in [5, 5.41) is 0. The molecular formula is C13H22O2. The van der Waals surface area contributed by atoms with Crippen LogP contribution < -0.4 is 0 Å². The van der Waals surface area contributed by atoms with Gasteiger partial charge in [-0.2, -0.15) is 0 Å². The highest BCUT2D eigenvalue weighted by atomic mass is 16.5. The van der Waals surface area contributed by atoms with E-state index >= 15 is 0 Å². The van der Waals surface area contributed by atoms with Crippen LogP contribution >= 0.6 is 0 Å². The first-order chi connectivity index (χ1) is 7.24. The van der Waals surface area contributed by atoms with E-state index in [9.17, 15) is 4.79 Å². The molecule has 0 saturated heterocycles. The summed E-state index contributed by atoms with van der Waals surface area (Å²) in [4.78, 5) is 11.1. The van der Waals surface area contributed by atoms with Crippen molar-refractivity contribution in [3.05, 3.63) is 11.6 Å². The molecule has 0 N–H and O–H groups in total. The minimum atomic E-state index is -0.196. The van der Waals surface area contributed by atoms with E-state index < -0.39 is 0 Å². The maximum atomic E-state index is 11.1. The van der Waals surface area contributed by atoms with Crippen LogP contribution in [0.2, 0.25) is 0 Å². The third-order valence-electron chi connectivity index (χ3n) is 3.26. The lowest BCUT2D eigenvalue weighted by atomic mass is 9.86. The van der Waals surface area contributed by atoms with Crippen LogP contribution in [-0.4, -0.2) is 13.1 Å². The Morgan fingerprint density at radius 3 is 2.60 bits per heavy atom. The van der Waals surface area contributed by atoms with Crippen molar-refractivity contribution in [1.82, 2.24) is 0 Å². The summed E-state index contributed by atoms with van der Waals surface area (Å²) in [6.07, 6.45) is 11.2. The molecule has 0 amide bonds. The fourth-order valence-corrected chi connectivity index (χ4v) is 2.26. The SMILES string of the molecule is COC(=O)/C(C)=C/CCC1CCCCC1. The lowest BCUT2D eigenvalue weighted by Gasteiger charge is -2.20. The number of carbonyl (C=O) groups is 1. The summed E-state index contributed by atoms with van der Waals surface area (Å²) in [6, 6.07) is 0. The number of hydrogen-bond donors (Lipinski definition) is 0. The third kappa shape index (κ3) is 4.50. The Hall–Kier alpha value is -0.790. The number of carbonyl (C=O) groups excluding carboxylic acids is 1. The van der Waals surface area contributed by atoms with E-state index in [0.29, 0.717) is 0 Å². The predicted molar refractivity (Wildman–Crippen MR) is 61.6 cm³/mol. The van der Waals surface area contributed by atoms with Gasteiger partial charge in [0.1, 0.15) is 0 Å². The molecule has 2 nitrogen and oxygen atoms in total. The first-order valence-corrected chi connectivity index (χ1v) is 5.99. The summed E-state index contributed by atoms with van der Waals surface area (Å²) in [7, 11) is 1.43. The lowest BCUT2D eigenvalue weighted by Crippen LogP contribution is -2.06. The van der Waals surface area contributed by atoms with E-state index in [2.05, 4.69) is 4.74 Å². The molecule has 1 fully saturated rings. The smallest absolute Gasteiger partial charge is 0.333 e. The number of hydrogen-bond acceptors (Lipinski definition) is 2. The van der Waals surface area contributed by atoms with Crippen molar-refractivity contribution in [2.75, 3.05) is 7.11 Å². The number of allylic oxidation sites excluding steroid dienone is 1. The molecule has 1 aliphatic carbocycles. The normalized spacial score (nSPS) is 18.9. The average molecular weight is 210 g/mol. The van der Waals surface area contributed by atoms with Gasteiger partial charge in [0.05, 0.1) is 7.11 Å². The monoisotopic (exact) mass is 210 g/mol. The molecule has 0 radical (unpaired) electrons. The van der Waals surface area contributed by atoms with Crippen LogP contribution in [0.5, 0.6) is 0 Å². The Bertz CT molecular complexity index is 225. The molecule has 0 aromatic rings. The van der Waals surface area contributed by atoms with Crippen molar-refractivity contribution in [1.29, 1.82) is 0 Å². The lowest BCUT2D eigenvalue weighted by molar-refractivity contribution is -0.136. The molecule has 0 aromatic heterocycles. The Morgan fingerprint density at radius 2 is 2.00 bits per heavy atom. The Morgan fingerprint density at radius 1 is 1.33 bits per heavy atom. The van der Waals surface area contributed by atoms with Crippen molar-refractivity contribution in [3.8, 4) is 0 Å². The van der Waals surface area contributed by atoms with E-state index in [1.165, 1.54) is 45.6 Å². The van der Waals surface area contributed by atoms with Gasteiger partial charge in [0.15, 0.2) is 0 Å². The van der Waals surface area contributed by atoms with Gasteiger partial charge in [0.25, 0.3) is 0 Å². The van der Waals surface area contributed by atoms with Gasteiger partial charge >= 0.3 is 5.97 Å². The number of ether oxygens (including phenoxy) is 1. The first-order valence-electron chi connectivity index (χ1n) is 5.99. The summed E-state index contributed by atoms with van der Waals surface area (Å²) < 4.78 is 4.65. The van der Waals surface area contributed by atoms with Crippen LogP contribution in [-0.2, 0) is 9.53 Å². The summed E-state index contributed by atoms with van der Waals surface area (Å²) >= 11 is 0. The molecule has 0 unspecified atom stereocenters. The summed E-state index contributed by atoms with van der Waals surface area (Å²) in [6.45, 7) is 1.83. The van der Waals surface area contributed by atoms with Gasteiger partial charge in [-0.25, -0.2) is 4.79 Å². The second-order valence-electron chi connectivity index (χ2n) is 4.46. The Labute approximate surface area is 92.7 Å². The van der Waals surface area contributed by atoms with Crippen molar-refractivity contribution in [2.24, 2.45) is 5.92 Å². The number of esters is 1. The fourth-order valence-electron chi connectivity index (χ4n) is 2.26. The zero-order valence-electron chi connectivity index (χ0n) is 9.92. The molecule has 0 spiro atoms. The largest absolute Gasteiger partial charge is 0.466 e. The average Bonchev–Trinajstić information content (AvgIpc) is 2.29. The highest BCUT2D eigenvalue weighted by molar-refractivity contribution is 5.87. The quantitative estimate of drug-likeness (QED) is 0.524. The van der Waals surface area contributed by atoms with E-state index in [1.807, 2.05) is 13.0 Å². The molecule has 1 rings (SSSR count).